The zero-order chi connectivity index (χ0) is 13.7. The summed E-state index contributed by atoms with van der Waals surface area (Å²) >= 11 is 5.71. The third-order valence-corrected chi connectivity index (χ3v) is 2.11. The van der Waals surface area contributed by atoms with E-state index in [0.717, 1.165) is 12.1 Å². The molecule has 9 heteroatoms. The van der Waals surface area contributed by atoms with E-state index in [4.69, 9.17) is 17.3 Å². The maximum atomic E-state index is 11.5. The van der Waals surface area contributed by atoms with E-state index in [2.05, 4.69) is 4.84 Å². The van der Waals surface area contributed by atoms with E-state index in [0.29, 0.717) is 0 Å². The van der Waals surface area contributed by atoms with Gasteiger partial charge in [-0.1, -0.05) is 11.6 Å². The van der Waals surface area contributed by atoms with Crippen LogP contribution in [0.25, 0.3) is 0 Å². The Morgan fingerprint density at radius 1 is 1.50 bits per heavy atom. The zero-order valence-electron chi connectivity index (χ0n) is 8.88. The van der Waals surface area contributed by atoms with E-state index >= 15 is 0 Å². The van der Waals surface area contributed by atoms with Crippen LogP contribution in [0.5, 0.6) is 0 Å². The zero-order valence-corrected chi connectivity index (χ0v) is 9.64. The Hall–Kier alpha value is -2.19. The molecule has 0 unspecified atom stereocenters. The summed E-state index contributed by atoms with van der Waals surface area (Å²) in [5.74, 6) is -1.59. The smallest absolute Gasteiger partial charge is 0.276 e. The molecule has 0 bridgehead atoms. The average molecular weight is 274 g/mol. The van der Waals surface area contributed by atoms with Crippen LogP contribution in [0.15, 0.2) is 18.2 Å². The molecule has 1 aromatic carbocycles. The minimum Gasteiger partial charge on any atom is -0.368 e. The van der Waals surface area contributed by atoms with Crippen molar-refractivity contribution < 1.29 is 19.3 Å². The van der Waals surface area contributed by atoms with Gasteiger partial charge in [0, 0.05) is 12.1 Å². The van der Waals surface area contributed by atoms with E-state index in [9.17, 15) is 19.7 Å². The number of nitrogens with one attached hydrogen (secondary N) is 1. The van der Waals surface area contributed by atoms with Gasteiger partial charge in [-0.05, 0) is 6.07 Å². The number of halogens is 1. The van der Waals surface area contributed by atoms with E-state index in [-0.39, 0.29) is 16.3 Å². The molecular weight excluding hydrogens is 266 g/mol. The fraction of sp³-hybridized carbons (Fsp3) is 0.111. The van der Waals surface area contributed by atoms with Crippen LogP contribution in [0, 0.1) is 10.1 Å². The summed E-state index contributed by atoms with van der Waals surface area (Å²) in [4.78, 5) is 36.2. The van der Waals surface area contributed by atoms with E-state index < -0.39 is 23.3 Å². The van der Waals surface area contributed by atoms with E-state index in [1.54, 1.807) is 0 Å². The Morgan fingerprint density at radius 2 is 2.17 bits per heavy atom. The van der Waals surface area contributed by atoms with Crippen molar-refractivity contribution in [2.24, 2.45) is 5.73 Å². The van der Waals surface area contributed by atoms with E-state index in [1.165, 1.54) is 6.07 Å². The number of non-ortho nitro benzene ring substituents is 1. The monoisotopic (exact) mass is 273 g/mol. The fourth-order valence-electron chi connectivity index (χ4n) is 1.03. The lowest BCUT2D eigenvalue weighted by atomic mass is 10.2. The number of amides is 2. The van der Waals surface area contributed by atoms with Crippen LogP contribution in [0.2, 0.25) is 5.02 Å². The van der Waals surface area contributed by atoms with Crippen molar-refractivity contribution in [3.05, 3.63) is 38.9 Å². The molecular formula is C9H8ClN3O5. The minimum absolute atomic E-state index is 0.0146. The molecule has 18 heavy (non-hydrogen) atoms. The Morgan fingerprint density at radius 3 is 2.72 bits per heavy atom. The minimum atomic E-state index is -0.815. The second kappa shape index (κ2) is 5.94. The summed E-state index contributed by atoms with van der Waals surface area (Å²) in [5, 5.41) is 10.5. The van der Waals surface area contributed by atoms with Gasteiger partial charge in [0.15, 0.2) is 6.61 Å². The van der Waals surface area contributed by atoms with Crippen LogP contribution >= 0.6 is 11.6 Å². The molecule has 0 aliphatic carbocycles. The number of benzene rings is 1. The lowest BCUT2D eigenvalue weighted by Crippen LogP contribution is -2.29. The van der Waals surface area contributed by atoms with Crippen molar-refractivity contribution in [1.82, 2.24) is 5.48 Å². The SMILES string of the molecule is NC(=O)CONC(=O)c1cc([N+](=O)[O-])ccc1Cl. The van der Waals surface area contributed by atoms with Crippen LogP contribution in [0.1, 0.15) is 10.4 Å². The van der Waals surface area contributed by atoms with Gasteiger partial charge in [-0.15, -0.1) is 0 Å². The fourth-order valence-corrected chi connectivity index (χ4v) is 1.23. The van der Waals surface area contributed by atoms with Gasteiger partial charge in [0.1, 0.15) is 0 Å². The Balaban J connectivity index is 2.81. The summed E-state index contributed by atoms with van der Waals surface area (Å²) in [6.45, 7) is -0.516. The molecule has 0 aromatic heterocycles. The first kappa shape index (κ1) is 13.9. The Labute approximate surface area is 106 Å². The maximum Gasteiger partial charge on any atom is 0.276 e. The molecule has 2 amide bonds. The number of nitro groups is 1. The number of rotatable bonds is 5. The molecule has 8 nitrogen and oxygen atoms in total. The third kappa shape index (κ3) is 3.68. The molecule has 1 rings (SSSR count). The Bertz CT molecular complexity index is 505. The number of hydrogen-bond acceptors (Lipinski definition) is 5. The number of nitrogens with two attached hydrogens (primary N) is 1. The van der Waals surface area contributed by atoms with Gasteiger partial charge in [0.05, 0.1) is 15.5 Å². The van der Waals surface area contributed by atoms with Crippen molar-refractivity contribution in [1.29, 1.82) is 0 Å². The van der Waals surface area contributed by atoms with Crippen LogP contribution in [-0.4, -0.2) is 23.3 Å². The maximum absolute atomic E-state index is 11.5. The highest BCUT2D eigenvalue weighted by Crippen LogP contribution is 2.21. The molecule has 0 radical (unpaired) electrons. The molecule has 0 fully saturated rings. The molecule has 0 aliphatic heterocycles. The van der Waals surface area contributed by atoms with Gasteiger partial charge in [-0.3, -0.25) is 24.5 Å². The van der Waals surface area contributed by atoms with Gasteiger partial charge < -0.3 is 5.73 Å². The molecule has 96 valence electrons. The largest absolute Gasteiger partial charge is 0.368 e. The quantitative estimate of drug-likeness (QED) is 0.593. The van der Waals surface area contributed by atoms with Crippen molar-refractivity contribution >= 4 is 29.1 Å². The van der Waals surface area contributed by atoms with Gasteiger partial charge >= 0.3 is 0 Å². The first-order valence-electron chi connectivity index (χ1n) is 4.56. The number of hydroxylamine groups is 1. The van der Waals surface area contributed by atoms with Crippen molar-refractivity contribution in [2.75, 3.05) is 6.61 Å². The molecule has 0 saturated heterocycles. The van der Waals surface area contributed by atoms with Crippen LogP contribution in [0.3, 0.4) is 0 Å². The first-order valence-corrected chi connectivity index (χ1v) is 4.94. The number of nitrogens with zero attached hydrogens (tertiary/aromatic N) is 1. The number of primary amides is 1. The molecule has 0 saturated carbocycles. The molecule has 3 N–H and O–H groups in total. The lowest BCUT2D eigenvalue weighted by Gasteiger charge is -2.05. The molecule has 1 aromatic rings. The topological polar surface area (TPSA) is 125 Å². The second-order valence-electron chi connectivity index (χ2n) is 3.11. The summed E-state index contributed by atoms with van der Waals surface area (Å²) in [6, 6.07) is 3.36. The van der Waals surface area contributed by atoms with Crippen LogP contribution in [0.4, 0.5) is 5.69 Å². The highest BCUT2D eigenvalue weighted by atomic mass is 35.5. The van der Waals surface area contributed by atoms with Gasteiger partial charge in [-0.2, -0.15) is 0 Å². The second-order valence-corrected chi connectivity index (χ2v) is 3.51. The van der Waals surface area contributed by atoms with Crippen molar-refractivity contribution in [2.45, 2.75) is 0 Å². The van der Waals surface area contributed by atoms with Crippen molar-refractivity contribution in [3.8, 4) is 0 Å². The summed E-state index contributed by atoms with van der Waals surface area (Å²) in [5.41, 5.74) is 6.24. The van der Waals surface area contributed by atoms with Crippen molar-refractivity contribution in [3.63, 3.8) is 0 Å². The number of carbonyl (C=O) groups is 2. The highest BCUT2D eigenvalue weighted by Gasteiger charge is 2.16. The lowest BCUT2D eigenvalue weighted by molar-refractivity contribution is -0.384. The first-order chi connectivity index (χ1) is 8.41. The van der Waals surface area contributed by atoms with Gasteiger partial charge in [0.2, 0.25) is 5.91 Å². The predicted octanol–water partition coefficient (Wildman–Crippen LogP) is 0.395. The summed E-state index contributed by atoms with van der Waals surface area (Å²) in [7, 11) is 0. The molecule has 0 aliphatic rings. The summed E-state index contributed by atoms with van der Waals surface area (Å²) in [6.07, 6.45) is 0. The standard InChI is InChI=1S/C9H8ClN3O5/c10-7-2-1-5(13(16)17)3-6(7)9(15)12-18-4-8(11)14/h1-3H,4H2,(H2,11,14)(H,12,15). The van der Waals surface area contributed by atoms with E-state index in [1.807, 2.05) is 5.48 Å². The predicted molar refractivity (Wildman–Crippen MR) is 60.7 cm³/mol. The molecule has 0 heterocycles. The van der Waals surface area contributed by atoms with Crippen LogP contribution < -0.4 is 11.2 Å². The van der Waals surface area contributed by atoms with Crippen LogP contribution in [-0.2, 0) is 9.63 Å². The summed E-state index contributed by atoms with van der Waals surface area (Å²) < 4.78 is 0. The van der Waals surface area contributed by atoms with Gasteiger partial charge in [0.25, 0.3) is 11.6 Å². The third-order valence-electron chi connectivity index (χ3n) is 1.78. The number of hydrogen-bond donors (Lipinski definition) is 2. The number of nitro benzene ring substituents is 1. The Kier molecular flexibility index (Phi) is 4.58. The molecule has 0 spiro atoms. The number of carbonyl (C=O) groups excluding carboxylic acids is 2. The molecule has 0 atom stereocenters. The highest BCUT2D eigenvalue weighted by molar-refractivity contribution is 6.33. The van der Waals surface area contributed by atoms with Gasteiger partial charge in [-0.25, -0.2) is 5.48 Å². The normalized spacial score (nSPS) is 9.83. The average Bonchev–Trinajstić information content (AvgIpc) is 2.28.